The molecule has 104 valence electrons. The predicted octanol–water partition coefficient (Wildman–Crippen LogP) is 2.25. The lowest BCUT2D eigenvalue weighted by molar-refractivity contribution is -0.149. The second kappa shape index (κ2) is 6.04. The van der Waals surface area contributed by atoms with E-state index in [1.807, 2.05) is 25.2 Å². The van der Waals surface area contributed by atoms with Crippen LogP contribution in [0.4, 0.5) is 0 Å². The van der Waals surface area contributed by atoms with Crippen LogP contribution in [0.1, 0.15) is 26.7 Å². The highest BCUT2D eigenvalue weighted by Gasteiger charge is 2.39. The van der Waals surface area contributed by atoms with Gasteiger partial charge in [-0.25, -0.2) is 4.79 Å². The van der Waals surface area contributed by atoms with Gasteiger partial charge in [0.1, 0.15) is 0 Å². The molecule has 2 aliphatic carbocycles. The number of carbonyl (C=O) groups excluding carboxylic acids is 2. The molecule has 0 spiro atoms. The molecule has 0 aliphatic heterocycles. The van der Waals surface area contributed by atoms with E-state index < -0.39 is 0 Å². The Bertz CT molecular complexity index is 422. The van der Waals surface area contributed by atoms with Crippen molar-refractivity contribution in [3.05, 3.63) is 23.8 Å². The van der Waals surface area contributed by atoms with Gasteiger partial charge in [-0.1, -0.05) is 18.2 Å². The lowest BCUT2D eigenvalue weighted by Gasteiger charge is -2.16. The van der Waals surface area contributed by atoms with Gasteiger partial charge in [-0.05, 0) is 38.5 Å². The van der Waals surface area contributed by atoms with E-state index in [-0.39, 0.29) is 23.8 Å². The second-order valence-electron chi connectivity index (χ2n) is 4.96. The Morgan fingerprint density at radius 3 is 2.63 bits per heavy atom. The van der Waals surface area contributed by atoms with Gasteiger partial charge in [-0.15, -0.1) is 0 Å². The van der Waals surface area contributed by atoms with Crippen molar-refractivity contribution in [1.82, 2.24) is 0 Å². The summed E-state index contributed by atoms with van der Waals surface area (Å²) in [4.78, 5) is 23.7. The van der Waals surface area contributed by atoms with Crippen LogP contribution in [0.15, 0.2) is 23.8 Å². The molecule has 0 heterocycles. The van der Waals surface area contributed by atoms with Crippen molar-refractivity contribution in [2.45, 2.75) is 26.7 Å². The number of carbonyl (C=O) groups is 2. The Balaban J connectivity index is 2.14. The van der Waals surface area contributed by atoms with Crippen molar-refractivity contribution in [3.63, 3.8) is 0 Å². The molecule has 0 unspecified atom stereocenters. The first-order valence-electron chi connectivity index (χ1n) is 6.89. The lowest BCUT2D eigenvalue weighted by Crippen LogP contribution is -2.21. The first-order chi connectivity index (χ1) is 9.15. The summed E-state index contributed by atoms with van der Waals surface area (Å²) in [6.45, 7) is 4.36. The molecule has 19 heavy (non-hydrogen) atoms. The van der Waals surface area contributed by atoms with Crippen LogP contribution in [0.25, 0.3) is 0 Å². The van der Waals surface area contributed by atoms with Gasteiger partial charge in [-0.3, -0.25) is 4.79 Å². The normalized spacial score (nSPS) is 28.5. The van der Waals surface area contributed by atoms with Crippen molar-refractivity contribution >= 4 is 11.9 Å². The zero-order valence-electron chi connectivity index (χ0n) is 11.4. The summed E-state index contributed by atoms with van der Waals surface area (Å²) >= 11 is 0. The fourth-order valence-corrected chi connectivity index (χ4v) is 2.85. The average molecular weight is 264 g/mol. The van der Waals surface area contributed by atoms with Crippen molar-refractivity contribution in [2.75, 3.05) is 13.2 Å². The second-order valence-corrected chi connectivity index (χ2v) is 4.96. The van der Waals surface area contributed by atoms with Crippen molar-refractivity contribution in [3.8, 4) is 0 Å². The van der Waals surface area contributed by atoms with Crippen molar-refractivity contribution in [1.29, 1.82) is 0 Å². The highest BCUT2D eigenvalue weighted by molar-refractivity contribution is 5.92. The molecule has 0 saturated heterocycles. The van der Waals surface area contributed by atoms with Gasteiger partial charge in [0.25, 0.3) is 0 Å². The van der Waals surface area contributed by atoms with Crippen LogP contribution in [-0.2, 0) is 19.1 Å². The van der Waals surface area contributed by atoms with Crippen LogP contribution in [0.3, 0.4) is 0 Å². The largest absolute Gasteiger partial charge is 0.466 e. The maximum Gasteiger partial charge on any atom is 0.337 e. The maximum atomic E-state index is 11.9. The lowest BCUT2D eigenvalue weighted by atomic mass is 9.93. The van der Waals surface area contributed by atoms with Gasteiger partial charge in [0.05, 0.1) is 24.7 Å². The Morgan fingerprint density at radius 1 is 1.21 bits per heavy atom. The third kappa shape index (κ3) is 3.06. The highest BCUT2D eigenvalue weighted by Crippen LogP contribution is 2.41. The van der Waals surface area contributed by atoms with E-state index in [2.05, 4.69) is 0 Å². The number of hydrogen-bond acceptors (Lipinski definition) is 4. The summed E-state index contributed by atoms with van der Waals surface area (Å²) in [5.41, 5.74) is 0.559. The molecule has 0 radical (unpaired) electrons. The number of esters is 2. The molecule has 0 N–H and O–H groups in total. The molecular weight excluding hydrogens is 244 g/mol. The van der Waals surface area contributed by atoms with E-state index in [1.54, 1.807) is 6.92 Å². The molecule has 3 atom stereocenters. The number of ether oxygens (including phenoxy) is 2. The Kier molecular flexibility index (Phi) is 4.40. The topological polar surface area (TPSA) is 52.6 Å². The summed E-state index contributed by atoms with van der Waals surface area (Å²) in [5.74, 6) is -0.154. The fraction of sp³-hybridized carbons (Fsp3) is 0.600. The first-order valence-corrected chi connectivity index (χ1v) is 6.89. The SMILES string of the molecule is CCOC(=O)C1=C[C@@H]2C[C@@H](C=C1)C[C@@H]2C(=O)OCC. The molecule has 2 bridgehead atoms. The summed E-state index contributed by atoms with van der Waals surface area (Å²) in [5, 5.41) is 0. The van der Waals surface area contributed by atoms with Crippen LogP contribution >= 0.6 is 0 Å². The van der Waals surface area contributed by atoms with Crippen molar-refractivity contribution < 1.29 is 19.1 Å². The summed E-state index contributed by atoms with van der Waals surface area (Å²) in [6, 6.07) is 0. The Labute approximate surface area is 113 Å². The van der Waals surface area contributed by atoms with E-state index in [0.29, 0.717) is 24.7 Å². The molecule has 1 saturated carbocycles. The summed E-state index contributed by atoms with van der Waals surface area (Å²) < 4.78 is 10.1. The maximum absolute atomic E-state index is 11.9. The molecule has 4 heteroatoms. The van der Waals surface area contributed by atoms with E-state index in [0.717, 1.165) is 12.8 Å². The zero-order valence-corrected chi connectivity index (χ0v) is 11.4. The third-order valence-corrected chi connectivity index (χ3v) is 3.69. The molecule has 0 aromatic heterocycles. The van der Waals surface area contributed by atoms with Crippen LogP contribution in [0.5, 0.6) is 0 Å². The quantitative estimate of drug-likeness (QED) is 0.731. The molecule has 4 nitrogen and oxygen atoms in total. The average Bonchev–Trinajstić information content (AvgIpc) is 2.63. The van der Waals surface area contributed by atoms with E-state index >= 15 is 0 Å². The summed E-state index contributed by atoms with van der Waals surface area (Å²) in [7, 11) is 0. The number of rotatable bonds is 4. The van der Waals surface area contributed by atoms with Gasteiger partial charge >= 0.3 is 11.9 Å². The minimum atomic E-state index is -0.311. The van der Waals surface area contributed by atoms with E-state index in [4.69, 9.17) is 9.47 Å². The monoisotopic (exact) mass is 264 g/mol. The minimum absolute atomic E-state index is 0.0819. The molecular formula is C15H20O4. The zero-order chi connectivity index (χ0) is 13.8. The van der Waals surface area contributed by atoms with Crippen LogP contribution in [0.2, 0.25) is 0 Å². The van der Waals surface area contributed by atoms with Crippen LogP contribution < -0.4 is 0 Å². The molecule has 2 rings (SSSR count). The Hall–Kier alpha value is -1.58. The molecule has 0 aromatic rings. The van der Waals surface area contributed by atoms with Crippen molar-refractivity contribution in [2.24, 2.45) is 17.8 Å². The van der Waals surface area contributed by atoms with Crippen LogP contribution in [0, 0.1) is 17.8 Å². The van der Waals surface area contributed by atoms with Gasteiger partial charge in [0, 0.05) is 0 Å². The fourth-order valence-electron chi connectivity index (χ4n) is 2.85. The van der Waals surface area contributed by atoms with Gasteiger partial charge in [0.15, 0.2) is 0 Å². The number of allylic oxidation sites excluding steroid dienone is 2. The van der Waals surface area contributed by atoms with E-state index in [1.165, 1.54) is 0 Å². The van der Waals surface area contributed by atoms with E-state index in [9.17, 15) is 9.59 Å². The Morgan fingerprint density at radius 2 is 1.95 bits per heavy atom. The number of fused-ring (bicyclic) bond motifs is 2. The van der Waals surface area contributed by atoms with Crippen LogP contribution in [-0.4, -0.2) is 25.2 Å². The number of hydrogen-bond donors (Lipinski definition) is 0. The molecule has 1 fully saturated rings. The minimum Gasteiger partial charge on any atom is -0.466 e. The third-order valence-electron chi connectivity index (χ3n) is 3.69. The smallest absolute Gasteiger partial charge is 0.337 e. The van der Waals surface area contributed by atoms with Gasteiger partial charge in [-0.2, -0.15) is 0 Å². The molecule has 0 amide bonds. The molecule has 2 aliphatic rings. The van der Waals surface area contributed by atoms with Gasteiger partial charge in [0.2, 0.25) is 0 Å². The standard InChI is InChI=1S/C15H20O4/c1-3-18-14(16)11-6-5-10-7-12(9-11)13(8-10)15(17)19-4-2/h5-6,9-10,12-13H,3-4,7-8H2,1-2H3/t10-,12+,13+/m1/s1. The highest BCUT2D eigenvalue weighted by atomic mass is 16.5. The molecule has 0 aromatic carbocycles. The summed E-state index contributed by atoms with van der Waals surface area (Å²) in [6.07, 6.45) is 7.44. The predicted molar refractivity (Wildman–Crippen MR) is 70.2 cm³/mol. The van der Waals surface area contributed by atoms with Gasteiger partial charge < -0.3 is 9.47 Å². The first kappa shape index (κ1) is 13.8.